The number of nitrogens with zero attached hydrogens (tertiary/aromatic N) is 1. The van der Waals surface area contributed by atoms with E-state index in [0.717, 1.165) is 31.4 Å². The molecular weight excluding hydrogens is 302 g/mol. The summed E-state index contributed by atoms with van der Waals surface area (Å²) in [5.41, 5.74) is 0.844. The third-order valence-electron chi connectivity index (χ3n) is 4.04. The molecule has 0 bridgehead atoms. The zero-order valence-electron chi connectivity index (χ0n) is 12.8. The van der Waals surface area contributed by atoms with Gasteiger partial charge in [0.05, 0.1) is 10.9 Å². The Labute approximate surface area is 131 Å². The molecule has 0 radical (unpaired) electrons. The van der Waals surface area contributed by atoms with Crippen molar-refractivity contribution in [1.82, 2.24) is 10.2 Å². The Balaban J connectivity index is 1.93. The molecule has 0 spiro atoms. The molecule has 1 aliphatic rings. The third-order valence-corrected chi connectivity index (χ3v) is 4.97. The van der Waals surface area contributed by atoms with Crippen LogP contribution in [0.15, 0.2) is 29.2 Å². The highest BCUT2D eigenvalue weighted by Crippen LogP contribution is 2.15. The van der Waals surface area contributed by atoms with E-state index >= 15 is 0 Å². The molecule has 0 aromatic heterocycles. The quantitative estimate of drug-likeness (QED) is 0.857. The average Bonchev–Trinajstić information content (AvgIpc) is 2.69. The van der Waals surface area contributed by atoms with Crippen molar-refractivity contribution >= 4 is 15.9 Å². The normalized spacial score (nSPS) is 20.4. The van der Waals surface area contributed by atoms with E-state index < -0.39 is 10.0 Å². The van der Waals surface area contributed by atoms with Crippen molar-refractivity contribution in [3.63, 3.8) is 0 Å². The number of hydrogen-bond donors (Lipinski definition) is 2. The lowest BCUT2D eigenvalue weighted by Crippen LogP contribution is -2.44. The van der Waals surface area contributed by atoms with Gasteiger partial charge in [0.2, 0.25) is 15.9 Å². The van der Waals surface area contributed by atoms with Gasteiger partial charge in [-0.15, -0.1) is 0 Å². The molecule has 7 heteroatoms. The van der Waals surface area contributed by atoms with Crippen LogP contribution in [0.25, 0.3) is 0 Å². The van der Waals surface area contributed by atoms with E-state index in [1.165, 1.54) is 18.6 Å². The van der Waals surface area contributed by atoms with Gasteiger partial charge in [-0.3, -0.25) is 9.69 Å². The summed E-state index contributed by atoms with van der Waals surface area (Å²) >= 11 is 0. The number of rotatable bonds is 4. The lowest BCUT2D eigenvalue weighted by atomic mass is 10.1. The summed E-state index contributed by atoms with van der Waals surface area (Å²) in [4.78, 5) is 14.5. The molecule has 1 amide bonds. The summed E-state index contributed by atoms with van der Waals surface area (Å²) in [5, 5.41) is 7.98. The van der Waals surface area contributed by atoms with E-state index in [1.807, 2.05) is 7.05 Å². The average molecular weight is 325 g/mol. The Morgan fingerprint density at radius 1 is 1.27 bits per heavy atom. The van der Waals surface area contributed by atoms with Crippen molar-refractivity contribution < 1.29 is 13.2 Å². The molecule has 1 atom stereocenters. The number of sulfonamides is 1. The summed E-state index contributed by atoms with van der Waals surface area (Å²) in [6.07, 6.45) is 4.26. The molecule has 1 aromatic rings. The Hall–Kier alpha value is -1.44. The summed E-state index contributed by atoms with van der Waals surface area (Å²) in [6, 6.07) is 6.16. The fourth-order valence-electron chi connectivity index (χ4n) is 2.69. The van der Waals surface area contributed by atoms with Crippen molar-refractivity contribution in [3.8, 4) is 0 Å². The number of carbonyl (C=O) groups excluding carboxylic acids is 1. The standard InChI is InChI=1S/C15H23N3O3S/c1-18-10-4-2-3-5-14(18)15(19)17-11-12-6-8-13(9-7-12)22(16,20)21/h6-9,14H,2-5,10-11H2,1H3,(H,17,19)(H2,16,20,21). The van der Waals surface area contributed by atoms with Gasteiger partial charge in [0, 0.05) is 6.54 Å². The molecule has 3 N–H and O–H groups in total. The number of likely N-dealkylation sites (tertiary alicyclic amines) is 1. The van der Waals surface area contributed by atoms with Gasteiger partial charge < -0.3 is 5.32 Å². The first-order chi connectivity index (χ1) is 10.4. The Morgan fingerprint density at radius 3 is 2.59 bits per heavy atom. The number of amides is 1. The van der Waals surface area contributed by atoms with Crippen LogP contribution in [-0.4, -0.2) is 38.9 Å². The second-order valence-electron chi connectivity index (χ2n) is 5.75. The zero-order valence-corrected chi connectivity index (χ0v) is 13.6. The molecule has 0 aliphatic carbocycles. The maximum absolute atomic E-state index is 12.3. The first kappa shape index (κ1) is 16.9. The highest BCUT2D eigenvalue weighted by molar-refractivity contribution is 7.89. The smallest absolute Gasteiger partial charge is 0.238 e. The van der Waals surface area contributed by atoms with Crippen LogP contribution in [0.4, 0.5) is 0 Å². The van der Waals surface area contributed by atoms with Gasteiger partial charge in [-0.1, -0.05) is 25.0 Å². The minimum absolute atomic E-state index is 0.0277. The van der Waals surface area contributed by atoms with Crippen molar-refractivity contribution in [1.29, 1.82) is 0 Å². The van der Waals surface area contributed by atoms with Crippen LogP contribution in [0.1, 0.15) is 31.2 Å². The lowest BCUT2D eigenvalue weighted by molar-refractivity contribution is -0.126. The predicted molar refractivity (Wildman–Crippen MR) is 84.5 cm³/mol. The van der Waals surface area contributed by atoms with Crippen molar-refractivity contribution in [2.45, 2.75) is 43.2 Å². The SMILES string of the molecule is CN1CCCCCC1C(=O)NCc1ccc(S(N)(=O)=O)cc1. The number of carbonyl (C=O) groups is 1. The van der Waals surface area contributed by atoms with E-state index in [9.17, 15) is 13.2 Å². The second-order valence-corrected chi connectivity index (χ2v) is 7.31. The Kier molecular flexibility index (Phi) is 5.55. The highest BCUT2D eigenvalue weighted by atomic mass is 32.2. The van der Waals surface area contributed by atoms with E-state index in [0.29, 0.717) is 6.54 Å². The Morgan fingerprint density at radius 2 is 1.95 bits per heavy atom. The maximum atomic E-state index is 12.3. The fourth-order valence-corrected chi connectivity index (χ4v) is 3.20. The number of nitrogens with two attached hydrogens (primary N) is 1. The summed E-state index contributed by atoms with van der Waals surface area (Å²) in [6.45, 7) is 1.33. The number of likely N-dealkylation sites (N-methyl/N-ethyl adjacent to an activating group) is 1. The van der Waals surface area contributed by atoms with E-state index in [1.54, 1.807) is 12.1 Å². The molecule has 1 aliphatic heterocycles. The molecule has 122 valence electrons. The van der Waals surface area contributed by atoms with E-state index in [4.69, 9.17) is 5.14 Å². The van der Waals surface area contributed by atoms with Crippen LogP contribution < -0.4 is 10.5 Å². The minimum Gasteiger partial charge on any atom is -0.351 e. The molecular formula is C15H23N3O3S. The van der Waals surface area contributed by atoms with Gasteiger partial charge in [0.1, 0.15) is 0 Å². The monoisotopic (exact) mass is 325 g/mol. The molecule has 22 heavy (non-hydrogen) atoms. The van der Waals surface area contributed by atoms with Gasteiger partial charge >= 0.3 is 0 Å². The lowest BCUT2D eigenvalue weighted by Gasteiger charge is -2.24. The molecule has 0 saturated carbocycles. The van der Waals surface area contributed by atoms with Crippen LogP contribution in [0, 0.1) is 0 Å². The van der Waals surface area contributed by atoms with Crippen LogP contribution in [0.2, 0.25) is 0 Å². The predicted octanol–water partition coefficient (Wildman–Crippen LogP) is 0.825. The minimum atomic E-state index is -3.67. The molecule has 1 unspecified atom stereocenters. The third kappa shape index (κ3) is 4.53. The number of benzene rings is 1. The first-order valence-electron chi connectivity index (χ1n) is 7.47. The van der Waals surface area contributed by atoms with Crippen molar-refractivity contribution in [2.24, 2.45) is 5.14 Å². The van der Waals surface area contributed by atoms with Gasteiger partial charge in [-0.05, 0) is 44.1 Å². The van der Waals surface area contributed by atoms with E-state index in [-0.39, 0.29) is 16.8 Å². The van der Waals surface area contributed by atoms with Crippen LogP contribution in [0.3, 0.4) is 0 Å². The largest absolute Gasteiger partial charge is 0.351 e. The molecule has 1 fully saturated rings. The number of nitrogens with one attached hydrogen (secondary N) is 1. The molecule has 1 aromatic carbocycles. The van der Waals surface area contributed by atoms with Gasteiger partial charge in [-0.2, -0.15) is 0 Å². The second kappa shape index (κ2) is 7.21. The highest BCUT2D eigenvalue weighted by Gasteiger charge is 2.24. The summed E-state index contributed by atoms with van der Waals surface area (Å²) in [5.74, 6) is 0.0277. The van der Waals surface area contributed by atoms with Crippen LogP contribution in [0.5, 0.6) is 0 Å². The van der Waals surface area contributed by atoms with Gasteiger partial charge in [0.25, 0.3) is 0 Å². The maximum Gasteiger partial charge on any atom is 0.238 e. The topological polar surface area (TPSA) is 92.5 Å². The van der Waals surface area contributed by atoms with Crippen molar-refractivity contribution in [2.75, 3.05) is 13.6 Å². The summed E-state index contributed by atoms with van der Waals surface area (Å²) < 4.78 is 22.4. The molecule has 1 heterocycles. The summed E-state index contributed by atoms with van der Waals surface area (Å²) in [7, 11) is -1.69. The van der Waals surface area contributed by atoms with Gasteiger partial charge in [0.15, 0.2) is 0 Å². The van der Waals surface area contributed by atoms with Crippen molar-refractivity contribution in [3.05, 3.63) is 29.8 Å². The Bertz CT molecular complexity index is 613. The molecule has 1 saturated heterocycles. The number of primary sulfonamides is 1. The zero-order chi connectivity index (χ0) is 16.2. The van der Waals surface area contributed by atoms with Crippen LogP contribution >= 0.6 is 0 Å². The molecule has 6 nitrogen and oxygen atoms in total. The molecule has 2 rings (SSSR count). The fraction of sp³-hybridized carbons (Fsp3) is 0.533. The van der Waals surface area contributed by atoms with E-state index in [2.05, 4.69) is 10.2 Å². The van der Waals surface area contributed by atoms with Crippen LogP contribution in [-0.2, 0) is 21.4 Å². The first-order valence-corrected chi connectivity index (χ1v) is 9.02. The van der Waals surface area contributed by atoms with Gasteiger partial charge in [-0.25, -0.2) is 13.6 Å². The number of hydrogen-bond acceptors (Lipinski definition) is 4.